The predicted octanol–water partition coefficient (Wildman–Crippen LogP) is 3.25. The van der Waals surface area contributed by atoms with Gasteiger partial charge in [0.05, 0.1) is 5.69 Å². The third-order valence-corrected chi connectivity index (χ3v) is 3.72. The fourth-order valence-electron chi connectivity index (χ4n) is 1.89. The molecule has 0 spiro atoms. The monoisotopic (exact) mass is 322 g/mol. The maximum atomic E-state index is 6.20. The van der Waals surface area contributed by atoms with E-state index < -0.39 is 0 Å². The number of halogens is 1. The van der Waals surface area contributed by atoms with Gasteiger partial charge in [0.15, 0.2) is 0 Å². The molecule has 2 N–H and O–H groups in total. The molecule has 2 aromatic rings. The Balaban J connectivity index is 2.06. The van der Waals surface area contributed by atoms with Crippen molar-refractivity contribution in [2.45, 2.75) is 38.8 Å². The Morgan fingerprint density at radius 2 is 2.21 bits per heavy atom. The summed E-state index contributed by atoms with van der Waals surface area (Å²) >= 11 is 3.41. The van der Waals surface area contributed by atoms with Gasteiger partial charge in [-0.05, 0) is 47.0 Å². The quantitative estimate of drug-likeness (QED) is 0.919. The maximum Gasteiger partial charge on any atom is 0.0643 e. The van der Waals surface area contributed by atoms with Crippen molar-refractivity contribution in [3.05, 3.63) is 46.5 Å². The van der Waals surface area contributed by atoms with Gasteiger partial charge in [0.2, 0.25) is 0 Å². The summed E-state index contributed by atoms with van der Waals surface area (Å²) in [6.07, 6.45) is 7.38. The standard InChI is InChI=1S/C14H19BrN4/c1-3-10(2)19-5-4-13(18-19)7-14(16)11-6-12(15)9-17-8-11/h4-6,8-10,14H,3,7,16H2,1-2H3. The van der Waals surface area contributed by atoms with Crippen LogP contribution in [-0.2, 0) is 6.42 Å². The van der Waals surface area contributed by atoms with Crippen LogP contribution in [0.5, 0.6) is 0 Å². The van der Waals surface area contributed by atoms with Crippen LogP contribution in [0.25, 0.3) is 0 Å². The minimum atomic E-state index is -0.0784. The molecule has 0 saturated heterocycles. The van der Waals surface area contributed by atoms with Crippen molar-refractivity contribution < 1.29 is 0 Å². The van der Waals surface area contributed by atoms with Crippen molar-refractivity contribution in [1.82, 2.24) is 14.8 Å². The van der Waals surface area contributed by atoms with Gasteiger partial charge in [0, 0.05) is 41.6 Å². The fourth-order valence-corrected chi connectivity index (χ4v) is 2.28. The van der Waals surface area contributed by atoms with Crippen molar-refractivity contribution in [1.29, 1.82) is 0 Å². The molecule has 4 nitrogen and oxygen atoms in total. The average molecular weight is 323 g/mol. The van der Waals surface area contributed by atoms with E-state index >= 15 is 0 Å². The largest absolute Gasteiger partial charge is 0.324 e. The molecule has 19 heavy (non-hydrogen) atoms. The molecule has 0 aliphatic carbocycles. The van der Waals surface area contributed by atoms with Crippen LogP contribution in [0, 0.1) is 0 Å². The molecule has 0 aromatic carbocycles. The van der Waals surface area contributed by atoms with Crippen LogP contribution in [0.2, 0.25) is 0 Å². The minimum absolute atomic E-state index is 0.0784. The van der Waals surface area contributed by atoms with Gasteiger partial charge in [-0.3, -0.25) is 9.67 Å². The number of hydrogen-bond donors (Lipinski definition) is 1. The summed E-state index contributed by atoms with van der Waals surface area (Å²) in [5, 5.41) is 4.57. The van der Waals surface area contributed by atoms with E-state index in [0.29, 0.717) is 6.04 Å². The third kappa shape index (κ3) is 3.64. The summed E-state index contributed by atoms with van der Waals surface area (Å²) in [6, 6.07) is 4.39. The molecule has 0 amide bonds. The highest BCUT2D eigenvalue weighted by molar-refractivity contribution is 9.10. The van der Waals surface area contributed by atoms with Crippen LogP contribution in [0.15, 0.2) is 35.2 Å². The SMILES string of the molecule is CCC(C)n1ccc(CC(N)c2cncc(Br)c2)n1. The third-order valence-electron chi connectivity index (χ3n) is 3.29. The molecule has 2 rings (SSSR count). The van der Waals surface area contributed by atoms with E-state index in [9.17, 15) is 0 Å². The number of hydrogen-bond acceptors (Lipinski definition) is 3. The zero-order valence-corrected chi connectivity index (χ0v) is 12.8. The summed E-state index contributed by atoms with van der Waals surface area (Å²) in [7, 11) is 0. The Kier molecular flexibility index (Phi) is 4.71. The van der Waals surface area contributed by atoms with Crippen LogP contribution in [-0.4, -0.2) is 14.8 Å². The molecular formula is C14H19BrN4. The van der Waals surface area contributed by atoms with Gasteiger partial charge in [-0.25, -0.2) is 0 Å². The first kappa shape index (κ1) is 14.2. The fraction of sp³-hybridized carbons (Fsp3) is 0.429. The summed E-state index contributed by atoms with van der Waals surface area (Å²) < 4.78 is 2.95. The highest BCUT2D eigenvalue weighted by Crippen LogP contribution is 2.18. The van der Waals surface area contributed by atoms with Gasteiger partial charge in [-0.1, -0.05) is 6.92 Å². The highest BCUT2D eigenvalue weighted by atomic mass is 79.9. The Hall–Kier alpha value is -1.20. The molecule has 2 heterocycles. The van der Waals surface area contributed by atoms with Crippen LogP contribution >= 0.6 is 15.9 Å². The first-order chi connectivity index (χ1) is 9.10. The molecule has 0 fully saturated rings. The molecule has 0 saturated carbocycles. The van der Waals surface area contributed by atoms with E-state index in [1.165, 1.54) is 0 Å². The Morgan fingerprint density at radius 3 is 2.89 bits per heavy atom. The van der Waals surface area contributed by atoms with Crippen molar-refractivity contribution in [3.8, 4) is 0 Å². The molecular weight excluding hydrogens is 304 g/mol. The van der Waals surface area contributed by atoms with Crippen molar-refractivity contribution in [2.75, 3.05) is 0 Å². The van der Waals surface area contributed by atoms with Gasteiger partial charge in [-0.15, -0.1) is 0 Å². The van der Waals surface area contributed by atoms with Gasteiger partial charge in [0.25, 0.3) is 0 Å². The lowest BCUT2D eigenvalue weighted by atomic mass is 10.1. The minimum Gasteiger partial charge on any atom is -0.324 e. The lowest BCUT2D eigenvalue weighted by Gasteiger charge is -2.11. The average Bonchev–Trinajstić information content (AvgIpc) is 2.86. The van der Waals surface area contributed by atoms with E-state index in [2.05, 4.69) is 39.9 Å². The molecule has 2 aromatic heterocycles. The van der Waals surface area contributed by atoms with Gasteiger partial charge >= 0.3 is 0 Å². The Labute approximate surface area is 122 Å². The number of nitrogens with two attached hydrogens (primary N) is 1. The van der Waals surface area contributed by atoms with Crippen LogP contribution < -0.4 is 5.73 Å². The van der Waals surface area contributed by atoms with Crippen LogP contribution in [0.3, 0.4) is 0 Å². The summed E-state index contributed by atoms with van der Waals surface area (Å²) in [4.78, 5) is 4.14. The number of aromatic nitrogens is 3. The maximum absolute atomic E-state index is 6.20. The van der Waals surface area contributed by atoms with E-state index in [-0.39, 0.29) is 6.04 Å². The summed E-state index contributed by atoms with van der Waals surface area (Å²) in [5.74, 6) is 0. The van der Waals surface area contributed by atoms with Crippen LogP contribution in [0.1, 0.15) is 43.6 Å². The molecule has 0 radical (unpaired) electrons. The van der Waals surface area contributed by atoms with Crippen molar-refractivity contribution in [3.63, 3.8) is 0 Å². The molecule has 5 heteroatoms. The number of nitrogens with zero attached hydrogens (tertiary/aromatic N) is 3. The zero-order valence-electron chi connectivity index (χ0n) is 11.3. The zero-order chi connectivity index (χ0) is 13.8. The lowest BCUT2D eigenvalue weighted by Crippen LogP contribution is -2.14. The molecule has 0 aliphatic heterocycles. The second kappa shape index (κ2) is 6.30. The summed E-state index contributed by atoms with van der Waals surface area (Å²) in [6.45, 7) is 4.32. The second-order valence-electron chi connectivity index (χ2n) is 4.79. The van der Waals surface area contributed by atoms with Gasteiger partial charge in [0.1, 0.15) is 0 Å². The van der Waals surface area contributed by atoms with E-state index in [1.54, 1.807) is 12.4 Å². The van der Waals surface area contributed by atoms with Gasteiger partial charge < -0.3 is 5.73 Å². The molecule has 2 atom stereocenters. The lowest BCUT2D eigenvalue weighted by molar-refractivity contribution is 0.472. The first-order valence-corrected chi connectivity index (χ1v) is 7.29. The van der Waals surface area contributed by atoms with Crippen molar-refractivity contribution >= 4 is 15.9 Å². The number of pyridine rings is 1. The second-order valence-corrected chi connectivity index (χ2v) is 5.71. The predicted molar refractivity (Wildman–Crippen MR) is 79.8 cm³/mol. The van der Waals surface area contributed by atoms with E-state index in [1.807, 2.05) is 23.0 Å². The molecule has 102 valence electrons. The first-order valence-electron chi connectivity index (χ1n) is 6.50. The smallest absolute Gasteiger partial charge is 0.0643 e. The number of rotatable bonds is 5. The van der Waals surface area contributed by atoms with E-state index in [4.69, 9.17) is 5.73 Å². The normalized spacial score (nSPS) is 14.3. The Bertz CT molecular complexity index is 538. The topological polar surface area (TPSA) is 56.7 Å². The van der Waals surface area contributed by atoms with Gasteiger partial charge in [-0.2, -0.15) is 5.10 Å². The molecule has 0 bridgehead atoms. The van der Waals surface area contributed by atoms with Crippen molar-refractivity contribution in [2.24, 2.45) is 5.73 Å². The van der Waals surface area contributed by atoms with Crippen LogP contribution in [0.4, 0.5) is 0 Å². The molecule has 0 aliphatic rings. The molecule has 2 unspecified atom stereocenters. The van der Waals surface area contributed by atoms with E-state index in [0.717, 1.165) is 28.6 Å². The highest BCUT2D eigenvalue weighted by Gasteiger charge is 2.11. The Morgan fingerprint density at radius 1 is 1.42 bits per heavy atom. The summed E-state index contributed by atoms with van der Waals surface area (Å²) in [5.41, 5.74) is 8.25.